The predicted molar refractivity (Wildman–Crippen MR) is 97.7 cm³/mol. The quantitative estimate of drug-likeness (QED) is 0.406. The van der Waals surface area contributed by atoms with Crippen LogP contribution in [0.2, 0.25) is 5.02 Å². The molecule has 0 radical (unpaired) electrons. The number of halogens is 1. The lowest BCUT2D eigenvalue weighted by Crippen LogP contribution is -2.04. The molecule has 3 rings (SSSR count). The summed E-state index contributed by atoms with van der Waals surface area (Å²) < 4.78 is 21.4. The Kier molecular flexibility index (Phi) is 5.63. The van der Waals surface area contributed by atoms with Gasteiger partial charge in [0.2, 0.25) is 0 Å². The number of unbranched alkanes of at least 4 members (excludes halogenated alkanes) is 1. The Morgan fingerprint density at radius 1 is 1.35 bits per heavy atom. The summed E-state index contributed by atoms with van der Waals surface area (Å²) in [5.74, 6) is 0.927. The van der Waals surface area contributed by atoms with Gasteiger partial charge in [-0.05, 0) is 42.3 Å². The number of carbonyl (C=O) groups excluding carboxylic acids is 1. The number of aliphatic imine (C=N–C) groups is 1. The summed E-state index contributed by atoms with van der Waals surface area (Å²) >= 11 is 6.32. The molecule has 26 heavy (non-hydrogen) atoms. The second kappa shape index (κ2) is 8.10. The predicted octanol–water partition coefficient (Wildman–Crippen LogP) is 4.47. The molecular formula is C19H18ClNO5. The van der Waals surface area contributed by atoms with Crippen molar-refractivity contribution in [2.45, 2.75) is 19.8 Å². The van der Waals surface area contributed by atoms with Crippen molar-refractivity contribution in [2.75, 3.05) is 13.7 Å². The second-order valence-electron chi connectivity index (χ2n) is 5.55. The van der Waals surface area contributed by atoms with Crippen LogP contribution in [0.3, 0.4) is 0 Å². The lowest BCUT2D eigenvalue weighted by Gasteiger charge is -2.13. The number of cyclic esters (lactones) is 1. The van der Waals surface area contributed by atoms with Crippen LogP contribution in [0.25, 0.3) is 6.08 Å². The maximum atomic E-state index is 12.0. The number of hydrogen-bond donors (Lipinski definition) is 0. The van der Waals surface area contributed by atoms with Crippen molar-refractivity contribution in [3.63, 3.8) is 0 Å². The minimum atomic E-state index is -0.560. The number of benzene rings is 1. The van der Waals surface area contributed by atoms with E-state index in [0.29, 0.717) is 34.5 Å². The fourth-order valence-electron chi connectivity index (χ4n) is 2.35. The van der Waals surface area contributed by atoms with E-state index in [2.05, 4.69) is 11.9 Å². The first kappa shape index (κ1) is 18.1. The number of nitrogens with zero attached hydrogens (tertiary/aromatic N) is 1. The highest BCUT2D eigenvalue weighted by Gasteiger charge is 2.26. The Labute approximate surface area is 156 Å². The number of rotatable bonds is 7. The van der Waals surface area contributed by atoms with E-state index in [1.807, 2.05) is 0 Å². The molecule has 7 heteroatoms. The summed E-state index contributed by atoms with van der Waals surface area (Å²) in [6.07, 6.45) is 4.99. The maximum Gasteiger partial charge on any atom is 0.363 e. The highest BCUT2D eigenvalue weighted by atomic mass is 35.5. The van der Waals surface area contributed by atoms with E-state index < -0.39 is 5.97 Å². The summed E-state index contributed by atoms with van der Waals surface area (Å²) in [4.78, 5) is 16.2. The molecule has 0 saturated heterocycles. The molecule has 6 nitrogen and oxygen atoms in total. The van der Waals surface area contributed by atoms with Crippen molar-refractivity contribution in [1.29, 1.82) is 0 Å². The van der Waals surface area contributed by atoms with Crippen LogP contribution in [0, 0.1) is 0 Å². The average Bonchev–Trinajstić information content (AvgIpc) is 3.27. The first-order valence-corrected chi connectivity index (χ1v) is 8.57. The molecule has 1 aliphatic rings. The molecule has 136 valence electrons. The molecule has 0 bridgehead atoms. The fraction of sp³-hybridized carbons (Fsp3) is 0.263. The lowest BCUT2D eigenvalue weighted by atomic mass is 10.1. The van der Waals surface area contributed by atoms with Gasteiger partial charge < -0.3 is 18.6 Å². The Hall–Kier alpha value is -2.73. The second-order valence-corrected chi connectivity index (χ2v) is 5.96. The molecular weight excluding hydrogens is 358 g/mol. The topological polar surface area (TPSA) is 70.3 Å². The molecule has 0 amide bonds. The van der Waals surface area contributed by atoms with E-state index in [1.165, 1.54) is 13.4 Å². The number of hydrogen-bond acceptors (Lipinski definition) is 6. The van der Waals surface area contributed by atoms with E-state index >= 15 is 0 Å². The monoisotopic (exact) mass is 375 g/mol. The van der Waals surface area contributed by atoms with E-state index in [9.17, 15) is 4.79 Å². The number of carbonyl (C=O) groups is 1. The summed E-state index contributed by atoms with van der Waals surface area (Å²) in [5.41, 5.74) is 0.792. The SMILES string of the molecule is CCCCOc1c(Cl)cc(/C=C2\N=C(c3ccco3)OC2=O)cc1OC. The third-order valence-electron chi connectivity index (χ3n) is 3.65. The van der Waals surface area contributed by atoms with Crippen LogP contribution in [-0.2, 0) is 9.53 Å². The summed E-state index contributed by atoms with van der Waals surface area (Å²) in [6.45, 7) is 2.63. The van der Waals surface area contributed by atoms with Gasteiger partial charge >= 0.3 is 5.97 Å². The highest BCUT2D eigenvalue weighted by molar-refractivity contribution is 6.32. The van der Waals surface area contributed by atoms with Crippen LogP contribution in [0.5, 0.6) is 11.5 Å². The highest BCUT2D eigenvalue weighted by Crippen LogP contribution is 2.37. The Morgan fingerprint density at radius 3 is 2.88 bits per heavy atom. The normalized spacial score (nSPS) is 15.1. The molecule has 0 aliphatic carbocycles. The van der Waals surface area contributed by atoms with Gasteiger partial charge in [0.25, 0.3) is 5.90 Å². The average molecular weight is 376 g/mol. The number of ether oxygens (including phenoxy) is 3. The maximum absolute atomic E-state index is 12.0. The standard InChI is InChI=1S/C19H18ClNO5/c1-3-4-7-25-17-13(20)9-12(11-16(17)23-2)10-14-19(22)26-18(21-14)15-6-5-8-24-15/h5-6,8-11H,3-4,7H2,1-2H3/b14-10-. The molecule has 0 spiro atoms. The Balaban J connectivity index is 1.88. The smallest absolute Gasteiger partial charge is 0.363 e. The van der Waals surface area contributed by atoms with Crippen molar-refractivity contribution in [3.8, 4) is 11.5 Å². The van der Waals surface area contributed by atoms with Crippen molar-refractivity contribution in [1.82, 2.24) is 0 Å². The van der Waals surface area contributed by atoms with Crippen molar-refractivity contribution in [2.24, 2.45) is 4.99 Å². The van der Waals surface area contributed by atoms with E-state index in [4.69, 9.17) is 30.2 Å². The molecule has 1 aromatic carbocycles. The third kappa shape index (κ3) is 3.91. The van der Waals surface area contributed by atoms with Gasteiger partial charge in [0.1, 0.15) is 0 Å². The van der Waals surface area contributed by atoms with Crippen LogP contribution >= 0.6 is 11.6 Å². The zero-order chi connectivity index (χ0) is 18.5. The minimum absolute atomic E-state index is 0.129. The van der Waals surface area contributed by atoms with E-state index in [-0.39, 0.29) is 11.6 Å². The van der Waals surface area contributed by atoms with Crippen molar-refractivity contribution >= 4 is 29.5 Å². The summed E-state index contributed by atoms with van der Waals surface area (Å²) in [6, 6.07) is 6.77. The van der Waals surface area contributed by atoms with Gasteiger partial charge in [-0.2, -0.15) is 0 Å². The molecule has 0 N–H and O–H groups in total. The fourth-order valence-corrected chi connectivity index (χ4v) is 2.63. The Morgan fingerprint density at radius 2 is 2.19 bits per heavy atom. The molecule has 0 fully saturated rings. The molecule has 0 atom stereocenters. The van der Waals surface area contributed by atoms with Gasteiger partial charge in [0, 0.05) is 0 Å². The number of methoxy groups -OCH3 is 1. The third-order valence-corrected chi connectivity index (χ3v) is 3.93. The van der Waals surface area contributed by atoms with Crippen molar-refractivity contribution < 1.29 is 23.4 Å². The van der Waals surface area contributed by atoms with Gasteiger partial charge in [-0.3, -0.25) is 0 Å². The van der Waals surface area contributed by atoms with Gasteiger partial charge in [-0.15, -0.1) is 0 Å². The zero-order valence-electron chi connectivity index (χ0n) is 14.5. The zero-order valence-corrected chi connectivity index (χ0v) is 15.2. The molecule has 1 aliphatic heterocycles. The van der Waals surface area contributed by atoms with Gasteiger partial charge in [-0.1, -0.05) is 24.9 Å². The molecule has 0 saturated carbocycles. The molecule has 2 heterocycles. The van der Waals surface area contributed by atoms with Gasteiger partial charge in [0.15, 0.2) is 23.0 Å². The Bertz CT molecular complexity index is 855. The summed E-state index contributed by atoms with van der Waals surface area (Å²) in [7, 11) is 1.53. The van der Waals surface area contributed by atoms with Gasteiger partial charge in [0.05, 0.1) is 25.0 Å². The van der Waals surface area contributed by atoms with Crippen LogP contribution in [0.15, 0.2) is 45.6 Å². The lowest BCUT2D eigenvalue weighted by molar-refractivity contribution is -0.130. The molecule has 2 aromatic rings. The van der Waals surface area contributed by atoms with Crippen molar-refractivity contribution in [3.05, 3.63) is 52.6 Å². The largest absolute Gasteiger partial charge is 0.493 e. The van der Waals surface area contributed by atoms with E-state index in [1.54, 1.807) is 30.3 Å². The van der Waals surface area contributed by atoms with Crippen LogP contribution in [0.1, 0.15) is 31.1 Å². The van der Waals surface area contributed by atoms with Gasteiger partial charge in [-0.25, -0.2) is 9.79 Å². The first-order chi connectivity index (χ1) is 12.6. The number of furan rings is 1. The van der Waals surface area contributed by atoms with Crippen LogP contribution < -0.4 is 9.47 Å². The molecule has 1 aromatic heterocycles. The van der Waals surface area contributed by atoms with Crippen LogP contribution in [0.4, 0.5) is 0 Å². The summed E-state index contributed by atoms with van der Waals surface area (Å²) in [5, 5.41) is 0.397. The minimum Gasteiger partial charge on any atom is -0.493 e. The van der Waals surface area contributed by atoms with E-state index in [0.717, 1.165) is 12.8 Å². The molecule has 0 unspecified atom stereocenters. The van der Waals surface area contributed by atoms with Crippen LogP contribution in [-0.4, -0.2) is 25.6 Å². The number of esters is 1. The first-order valence-electron chi connectivity index (χ1n) is 8.19.